The first-order valence-corrected chi connectivity index (χ1v) is 7.06. The molecule has 0 aliphatic rings. The molecule has 3 rings (SSSR count). The van der Waals surface area contributed by atoms with Crippen molar-refractivity contribution in [1.82, 2.24) is 19.7 Å². The van der Waals surface area contributed by atoms with Crippen LogP contribution in [0.4, 0.5) is 0 Å². The molecule has 2 aromatic heterocycles. The van der Waals surface area contributed by atoms with Crippen LogP contribution in [0.15, 0.2) is 18.3 Å². The molecule has 0 aliphatic heterocycles. The Bertz CT molecular complexity index is 873. The number of benzene rings is 1. The molecule has 0 radical (unpaired) electrons. The van der Waals surface area contributed by atoms with E-state index in [1.807, 2.05) is 26.1 Å². The lowest BCUT2D eigenvalue weighted by Gasteiger charge is -2.16. The van der Waals surface area contributed by atoms with Crippen molar-refractivity contribution in [3.8, 4) is 28.5 Å². The summed E-state index contributed by atoms with van der Waals surface area (Å²) in [6.07, 6.45) is 1.75. The monoisotopic (exact) mass is 314 g/mol. The van der Waals surface area contributed by atoms with Crippen molar-refractivity contribution >= 4 is 11.0 Å². The summed E-state index contributed by atoms with van der Waals surface area (Å²) in [6.45, 7) is 1.85. The fourth-order valence-electron chi connectivity index (χ4n) is 2.62. The minimum absolute atomic E-state index is 0.529. The minimum atomic E-state index is 0.529. The third-order valence-corrected chi connectivity index (χ3v) is 3.66. The molecule has 0 unspecified atom stereocenters. The van der Waals surface area contributed by atoms with Crippen LogP contribution >= 0.6 is 0 Å². The summed E-state index contributed by atoms with van der Waals surface area (Å²) in [4.78, 5) is 9.03. The molecule has 3 aromatic rings. The van der Waals surface area contributed by atoms with Crippen LogP contribution in [0.2, 0.25) is 0 Å². The molecule has 0 N–H and O–H groups in total. The Hall–Kier alpha value is -2.83. The van der Waals surface area contributed by atoms with Gasteiger partial charge in [0.2, 0.25) is 5.75 Å². The number of hydrogen-bond acceptors (Lipinski definition) is 6. The predicted molar refractivity (Wildman–Crippen MR) is 86.1 cm³/mol. The van der Waals surface area contributed by atoms with E-state index >= 15 is 0 Å². The largest absolute Gasteiger partial charge is 0.493 e. The Morgan fingerprint density at radius 2 is 1.70 bits per heavy atom. The Morgan fingerprint density at radius 1 is 0.957 bits per heavy atom. The van der Waals surface area contributed by atoms with E-state index in [2.05, 4.69) is 15.1 Å². The summed E-state index contributed by atoms with van der Waals surface area (Å²) in [6, 6.07) is 3.73. The first-order valence-electron chi connectivity index (χ1n) is 7.06. The van der Waals surface area contributed by atoms with E-state index in [1.54, 1.807) is 32.2 Å². The molecule has 23 heavy (non-hydrogen) atoms. The molecular formula is C16H18N4O3. The molecule has 0 aliphatic carbocycles. The van der Waals surface area contributed by atoms with E-state index in [9.17, 15) is 0 Å². The molecule has 0 amide bonds. The fourth-order valence-corrected chi connectivity index (χ4v) is 2.62. The highest BCUT2D eigenvalue weighted by atomic mass is 16.5. The van der Waals surface area contributed by atoms with Gasteiger partial charge in [-0.3, -0.25) is 4.68 Å². The Kier molecular flexibility index (Phi) is 3.77. The van der Waals surface area contributed by atoms with Gasteiger partial charge >= 0.3 is 0 Å². The van der Waals surface area contributed by atoms with Gasteiger partial charge in [0.25, 0.3) is 0 Å². The van der Waals surface area contributed by atoms with Crippen molar-refractivity contribution in [2.75, 3.05) is 21.3 Å². The van der Waals surface area contributed by atoms with E-state index in [1.165, 1.54) is 0 Å². The van der Waals surface area contributed by atoms with E-state index < -0.39 is 0 Å². The molecule has 7 nitrogen and oxygen atoms in total. The van der Waals surface area contributed by atoms with Gasteiger partial charge in [0.05, 0.1) is 38.6 Å². The molecule has 2 heterocycles. The number of hydrogen-bond donors (Lipinski definition) is 0. The van der Waals surface area contributed by atoms with Gasteiger partial charge in [-0.1, -0.05) is 0 Å². The number of aromatic nitrogens is 4. The molecule has 1 aromatic carbocycles. The number of aryl methyl sites for hydroxylation is 2. The van der Waals surface area contributed by atoms with Crippen LogP contribution in [0, 0.1) is 6.92 Å². The van der Waals surface area contributed by atoms with Gasteiger partial charge in [-0.05, 0) is 19.1 Å². The molecule has 0 saturated carbocycles. The summed E-state index contributed by atoms with van der Waals surface area (Å²) in [5, 5.41) is 5.12. The average molecular weight is 314 g/mol. The van der Waals surface area contributed by atoms with Gasteiger partial charge in [-0.25, -0.2) is 9.97 Å². The zero-order chi connectivity index (χ0) is 16.6. The molecule has 0 fully saturated rings. The number of nitrogens with zero attached hydrogens (tertiary/aromatic N) is 4. The van der Waals surface area contributed by atoms with E-state index in [4.69, 9.17) is 14.2 Å². The summed E-state index contributed by atoms with van der Waals surface area (Å²) >= 11 is 0. The number of rotatable bonds is 4. The highest BCUT2D eigenvalue weighted by Crippen LogP contribution is 2.44. The van der Waals surface area contributed by atoms with Gasteiger partial charge in [0, 0.05) is 12.6 Å². The molecule has 0 atom stereocenters. The van der Waals surface area contributed by atoms with Gasteiger partial charge in [-0.15, -0.1) is 0 Å². The van der Waals surface area contributed by atoms with Crippen molar-refractivity contribution in [2.24, 2.45) is 7.05 Å². The van der Waals surface area contributed by atoms with Crippen molar-refractivity contribution in [3.05, 3.63) is 24.2 Å². The summed E-state index contributed by atoms with van der Waals surface area (Å²) in [7, 11) is 6.61. The smallest absolute Gasteiger partial charge is 0.203 e. The Balaban J connectivity index is 2.35. The normalized spacial score (nSPS) is 10.8. The SMILES string of the molecule is COc1ccc(-c2nc(C)nc3c2cnn3C)c(OC)c1OC. The topological polar surface area (TPSA) is 71.3 Å². The van der Waals surface area contributed by atoms with Crippen LogP contribution in [0.5, 0.6) is 17.2 Å². The number of ether oxygens (including phenoxy) is 3. The van der Waals surface area contributed by atoms with Crippen LogP contribution in [0.3, 0.4) is 0 Å². The zero-order valence-corrected chi connectivity index (χ0v) is 13.7. The Labute approximate surface area is 133 Å². The maximum absolute atomic E-state index is 5.57. The lowest BCUT2D eigenvalue weighted by atomic mass is 10.1. The van der Waals surface area contributed by atoms with Crippen LogP contribution in [0.25, 0.3) is 22.3 Å². The summed E-state index contributed by atoms with van der Waals surface area (Å²) < 4.78 is 18.1. The second kappa shape index (κ2) is 5.75. The molecule has 7 heteroatoms. The van der Waals surface area contributed by atoms with Gasteiger partial charge in [-0.2, -0.15) is 5.10 Å². The molecule has 0 spiro atoms. The molecular weight excluding hydrogens is 296 g/mol. The van der Waals surface area contributed by atoms with Crippen LogP contribution in [-0.4, -0.2) is 41.1 Å². The standard InChI is InChI=1S/C16H18N4O3/c1-9-18-13(11-8-17-20(2)16(11)19-9)10-6-7-12(21-3)15(23-5)14(10)22-4/h6-8H,1-5H3. The van der Waals surface area contributed by atoms with Gasteiger partial charge < -0.3 is 14.2 Å². The lowest BCUT2D eigenvalue weighted by Crippen LogP contribution is -2.00. The van der Waals surface area contributed by atoms with Crippen LogP contribution in [-0.2, 0) is 7.05 Å². The van der Waals surface area contributed by atoms with Gasteiger partial charge in [0.1, 0.15) is 5.82 Å². The first kappa shape index (κ1) is 15.1. The number of methoxy groups -OCH3 is 3. The summed E-state index contributed by atoms with van der Waals surface area (Å²) in [5.41, 5.74) is 2.32. The average Bonchev–Trinajstić information content (AvgIpc) is 2.93. The van der Waals surface area contributed by atoms with Crippen molar-refractivity contribution in [3.63, 3.8) is 0 Å². The van der Waals surface area contributed by atoms with Crippen molar-refractivity contribution < 1.29 is 14.2 Å². The van der Waals surface area contributed by atoms with Crippen LogP contribution < -0.4 is 14.2 Å². The van der Waals surface area contributed by atoms with Crippen LogP contribution in [0.1, 0.15) is 5.82 Å². The van der Waals surface area contributed by atoms with Crippen molar-refractivity contribution in [2.45, 2.75) is 6.92 Å². The fraction of sp³-hybridized carbons (Fsp3) is 0.312. The summed E-state index contributed by atoms with van der Waals surface area (Å²) in [5.74, 6) is 2.35. The quantitative estimate of drug-likeness (QED) is 0.736. The van der Waals surface area contributed by atoms with E-state index in [0.29, 0.717) is 23.1 Å². The molecule has 120 valence electrons. The molecule has 0 saturated heterocycles. The highest BCUT2D eigenvalue weighted by molar-refractivity contribution is 5.93. The van der Waals surface area contributed by atoms with E-state index in [-0.39, 0.29) is 0 Å². The molecule has 0 bridgehead atoms. The Morgan fingerprint density at radius 3 is 2.35 bits per heavy atom. The minimum Gasteiger partial charge on any atom is -0.493 e. The van der Waals surface area contributed by atoms with E-state index in [0.717, 1.165) is 22.3 Å². The maximum Gasteiger partial charge on any atom is 0.203 e. The third-order valence-electron chi connectivity index (χ3n) is 3.66. The second-order valence-electron chi connectivity index (χ2n) is 5.01. The zero-order valence-electron chi connectivity index (χ0n) is 13.7. The maximum atomic E-state index is 5.57. The second-order valence-corrected chi connectivity index (χ2v) is 5.01. The van der Waals surface area contributed by atoms with Gasteiger partial charge in [0.15, 0.2) is 17.1 Å². The third kappa shape index (κ3) is 2.34. The highest BCUT2D eigenvalue weighted by Gasteiger charge is 2.21. The first-order chi connectivity index (χ1) is 11.1. The van der Waals surface area contributed by atoms with Crippen molar-refractivity contribution in [1.29, 1.82) is 0 Å². The lowest BCUT2D eigenvalue weighted by molar-refractivity contribution is 0.325. The number of fused-ring (bicyclic) bond motifs is 1. The predicted octanol–water partition coefficient (Wildman–Crippen LogP) is 2.36.